The summed E-state index contributed by atoms with van der Waals surface area (Å²) in [7, 11) is 1.68. The maximum absolute atomic E-state index is 6.04. The fourth-order valence-corrected chi connectivity index (χ4v) is 4.24. The molecule has 3 aromatic heterocycles. The van der Waals surface area contributed by atoms with E-state index in [2.05, 4.69) is 41.0 Å². The van der Waals surface area contributed by atoms with Crippen molar-refractivity contribution in [1.29, 1.82) is 0 Å². The molecule has 7 heteroatoms. The number of benzene rings is 1. The molecule has 6 nitrogen and oxygen atoms in total. The van der Waals surface area contributed by atoms with Crippen molar-refractivity contribution in [1.82, 2.24) is 19.7 Å². The monoisotopic (exact) mass is 419 g/mol. The number of rotatable bonds is 7. The van der Waals surface area contributed by atoms with Crippen LogP contribution in [0.3, 0.4) is 0 Å². The highest BCUT2D eigenvalue weighted by Crippen LogP contribution is 2.33. The molecular formula is C23H25N5OS. The Bertz CT molecular complexity index is 1130. The van der Waals surface area contributed by atoms with Gasteiger partial charge < -0.3 is 10.5 Å². The summed E-state index contributed by atoms with van der Waals surface area (Å²) < 4.78 is 7.34. The minimum atomic E-state index is 0.496. The van der Waals surface area contributed by atoms with E-state index in [1.807, 2.05) is 30.5 Å². The second-order valence-corrected chi connectivity index (χ2v) is 8.44. The number of thiazole rings is 1. The maximum Gasteiger partial charge on any atom is 0.133 e. The third-order valence-corrected chi connectivity index (χ3v) is 5.77. The summed E-state index contributed by atoms with van der Waals surface area (Å²) in [5.74, 6) is 1.85. The molecule has 2 N–H and O–H groups in total. The van der Waals surface area contributed by atoms with Gasteiger partial charge in [0.2, 0.25) is 0 Å². The molecule has 154 valence electrons. The number of nitrogen functional groups attached to an aromatic ring is 1. The van der Waals surface area contributed by atoms with E-state index in [9.17, 15) is 0 Å². The second-order valence-electron chi connectivity index (χ2n) is 7.58. The van der Waals surface area contributed by atoms with Crippen LogP contribution in [0, 0.1) is 5.92 Å². The molecule has 0 amide bonds. The summed E-state index contributed by atoms with van der Waals surface area (Å²) in [5.41, 5.74) is 11.3. The number of anilines is 1. The quantitative estimate of drug-likeness (QED) is 0.461. The molecule has 4 aromatic rings. The molecule has 30 heavy (non-hydrogen) atoms. The SMILES string of the molecule is COc1ccc(Cn2ncc(-c3csc(-c4cccnc4N)n3)c2CC(C)C)cc1. The highest BCUT2D eigenvalue weighted by atomic mass is 32.1. The largest absolute Gasteiger partial charge is 0.497 e. The standard InChI is InChI=1S/C23H25N5OS/c1-15(2)11-21-19(12-26-28(21)13-16-6-8-17(29-3)9-7-16)20-14-30-23(27-20)18-5-4-10-25-22(18)24/h4-10,12,14-15H,11,13H2,1-3H3,(H2,24,25). The highest BCUT2D eigenvalue weighted by Gasteiger charge is 2.18. The van der Waals surface area contributed by atoms with Crippen LogP contribution in [-0.4, -0.2) is 26.9 Å². The van der Waals surface area contributed by atoms with Gasteiger partial charge in [-0.15, -0.1) is 11.3 Å². The Kier molecular flexibility index (Phi) is 5.81. The van der Waals surface area contributed by atoms with E-state index in [4.69, 9.17) is 20.6 Å². The van der Waals surface area contributed by atoms with Crippen LogP contribution in [-0.2, 0) is 13.0 Å². The van der Waals surface area contributed by atoms with Crippen LogP contribution < -0.4 is 10.5 Å². The average molecular weight is 420 g/mol. The van der Waals surface area contributed by atoms with Gasteiger partial charge in [0.25, 0.3) is 0 Å². The third-order valence-electron chi connectivity index (χ3n) is 4.89. The normalized spacial score (nSPS) is 11.2. The van der Waals surface area contributed by atoms with Gasteiger partial charge in [-0.2, -0.15) is 5.10 Å². The lowest BCUT2D eigenvalue weighted by Gasteiger charge is -2.12. The average Bonchev–Trinajstić information content (AvgIpc) is 3.36. The summed E-state index contributed by atoms with van der Waals surface area (Å²) >= 11 is 1.57. The minimum absolute atomic E-state index is 0.496. The molecule has 4 rings (SSSR count). The first-order valence-electron chi connectivity index (χ1n) is 9.89. The number of nitrogens with zero attached hydrogens (tertiary/aromatic N) is 4. The molecule has 3 heterocycles. The van der Waals surface area contributed by atoms with Crippen LogP contribution in [0.15, 0.2) is 54.2 Å². The molecule has 0 aliphatic carbocycles. The minimum Gasteiger partial charge on any atom is -0.497 e. The molecule has 0 aliphatic rings. The van der Waals surface area contributed by atoms with Crippen LogP contribution in [0.2, 0.25) is 0 Å². The zero-order valence-electron chi connectivity index (χ0n) is 17.4. The van der Waals surface area contributed by atoms with Crippen molar-refractivity contribution < 1.29 is 4.74 Å². The molecule has 0 unspecified atom stereocenters. The van der Waals surface area contributed by atoms with Crippen LogP contribution in [0.25, 0.3) is 21.8 Å². The lowest BCUT2D eigenvalue weighted by atomic mass is 10.0. The van der Waals surface area contributed by atoms with E-state index in [0.29, 0.717) is 18.3 Å². The summed E-state index contributed by atoms with van der Waals surface area (Å²) in [6.07, 6.45) is 4.54. The first-order chi connectivity index (χ1) is 14.5. The Morgan fingerprint density at radius 2 is 1.93 bits per heavy atom. The summed E-state index contributed by atoms with van der Waals surface area (Å²) in [6.45, 7) is 5.15. The number of ether oxygens (including phenoxy) is 1. The Balaban J connectivity index is 1.67. The fourth-order valence-electron chi connectivity index (χ4n) is 3.39. The van der Waals surface area contributed by atoms with E-state index in [1.54, 1.807) is 24.6 Å². The number of nitrogens with two attached hydrogens (primary N) is 1. The fraction of sp³-hybridized carbons (Fsp3) is 0.261. The molecule has 0 saturated heterocycles. The Morgan fingerprint density at radius 3 is 2.63 bits per heavy atom. The van der Waals surface area contributed by atoms with E-state index >= 15 is 0 Å². The molecule has 0 saturated carbocycles. The molecule has 0 spiro atoms. The van der Waals surface area contributed by atoms with E-state index in [-0.39, 0.29) is 0 Å². The van der Waals surface area contributed by atoms with Crippen LogP contribution in [0.4, 0.5) is 5.82 Å². The van der Waals surface area contributed by atoms with Crippen molar-refractivity contribution >= 4 is 17.2 Å². The molecule has 1 aromatic carbocycles. The summed E-state index contributed by atoms with van der Waals surface area (Å²) in [5, 5.41) is 7.64. The summed E-state index contributed by atoms with van der Waals surface area (Å²) in [6, 6.07) is 11.9. The van der Waals surface area contributed by atoms with Gasteiger partial charge in [0.05, 0.1) is 31.1 Å². The van der Waals surface area contributed by atoms with Gasteiger partial charge in [0.15, 0.2) is 0 Å². The number of pyridine rings is 1. The van der Waals surface area contributed by atoms with Crippen molar-refractivity contribution in [3.8, 4) is 27.6 Å². The number of methoxy groups -OCH3 is 1. The highest BCUT2D eigenvalue weighted by molar-refractivity contribution is 7.13. The van der Waals surface area contributed by atoms with Crippen molar-refractivity contribution in [2.75, 3.05) is 12.8 Å². The first kappa shape index (κ1) is 20.1. The predicted molar refractivity (Wildman–Crippen MR) is 122 cm³/mol. The molecule has 0 fully saturated rings. The van der Waals surface area contributed by atoms with Gasteiger partial charge in [0.1, 0.15) is 16.6 Å². The van der Waals surface area contributed by atoms with Gasteiger partial charge in [-0.3, -0.25) is 4.68 Å². The molecule has 0 radical (unpaired) electrons. The van der Waals surface area contributed by atoms with Gasteiger partial charge in [-0.25, -0.2) is 9.97 Å². The maximum atomic E-state index is 6.04. The van der Waals surface area contributed by atoms with E-state index in [1.165, 1.54) is 11.3 Å². The number of aromatic nitrogens is 4. The topological polar surface area (TPSA) is 78.8 Å². The predicted octanol–water partition coefficient (Wildman–Crippen LogP) is 4.91. The summed E-state index contributed by atoms with van der Waals surface area (Å²) in [4.78, 5) is 9.03. The van der Waals surface area contributed by atoms with Crippen molar-refractivity contribution in [3.63, 3.8) is 0 Å². The zero-order chi connectivity index (χ0) is 21.1. The third kappa shape index (κ3) is 4.21. The molecule has 0 bridgehead atoms. The van der Waals surface area contributed by atoms with Crippen LogP contribution in [0.1, 0.15) is 25.1 Å². The molecule has 0 aliphatic heterocycles. The lowest BCUT2D eigenvalue weighted by molar-refractivity contribution is 0.414. The van der Waals surface area contributed by atoms with Crippen molar-refractivity contribution in [3.05, 3.63) is 65.4 Å². The smallest absolute Gasteiger partial charge is 0.133 e. The Labute approximate surface area is 180 Å². The molecular weight excluding hydrogens is 394 g/mol. The first-order valence-corrected chi connectivity index (χ1v) is 10.8. The Morgan fingerprint density at radius 1 is 1.13 bits per heavy atom. The van der Waals surface area contributed by atoms with Crippen molar-refractivity contribution in [2.24, 2.45) is 5.92 Å². The Hall–Kier alpha value is -3.19. The molecule has 0 atom stereocenters. The second kappa shape index (κ2) is 8.67. The number of hydrogen-bond donors (Lipinski definition) is 1. The van der Waals surface area contributed by atoms with E-state index < -0.39 is 0 Å². The van der Waals surface area contributed by atoms with Gasteiger partial charge in [0, 0.05) is 22.8 Å². The zero-order valence-corrected chi connectivity index (χ0v) is 18.2. The van der Waals surface area contributed by atoms with Crippen molar-refractivity contribution in [2.45, 2.75) is 26.8 Å². The van der Waals surface area contributed by atoms with Gasteiger partial charge in [-0.05, 0) is 42.2 Å². The van der Waals surface area contributed by atoms with Gasteiger partial charge >= 0.3 is 0 Å². The van der Waals surface area contributed by atoms with Crippen LogP contribution in [0.5, 0.6) is 5.75 Å². The van der Waals surface area contributed by atoms with Gasteiger partial charge in [-0.1, -0.05) is 26.0 Å². The van der Waals surface area contributed by atoms with E-state index in [0.717, 1.165) is 34.0 Å². The number of hydrogen-bond acceptors (Lipinski definition) is 6. The lowest BCUT2D eigenvalue weighted by Crippen LogP contribution is -2.09. The van der Waals surface area contributed by atoms with Crippen LogP contribution >= 0.6 is 11.3 Å².